The van der Waals surface area contributed by atoms with Crippen molar-refractivity contribution in [1.82, 2.24) is 5.32 Å². The molecule has 1 rings (SSSR count). The van der Waals surface area contributed by atoms with E-state index in [1.54, 1.807) is 6.07 Å². The zero-order valence-electron chi connectivity index (χ0n) is 11.2. The van der Waals surface area contributed by atoms with Crippen LogP contribution in [0.15, 0.2) is 10.5 Å². The Morgan fingerprint density at radius 2 is 2.11 bits per heavy atom. The second-order valence-electron chi connectivity index (χ2n) is 3.97. The summed E-state index contributed by atoms with van der Waals surface area (Å²) in [6.07, 6.45) is 1.57. The van der Waals surface area contributed by atoms with Crippen molar-refractivity contribution in [3.63, 3.8) is 0 Å². The summed E-state index contributed by atoms with van der Waals surface area (Å²) in [5.74, 6) is -0.229. The number of ether oxygens (including phenoxy) is 1. The molecule has 6 heteroatoms. The van der Waals surface area contributed by atoms with E-state index in [2.05, 4.69) is 5.32 Å². The topological polar surface area (TPSA) is 88.8 Å². The Bertz CT molecular complexity index is 417. The van der Waals surface area contributed by atoms with Gasteiger partial charge in [-0.3, -0.25) is 4.79 Å². The Hall–Kier alpha value is -1.82. The summed E-state index contributed by atoms with van der Waals surface area (Å²) in [7, 11) is 0. The number of rotatable bonds is 8. The van der Waals surface area contributed by atoms with Crippen molar-refractivity contribution in [2.75, 3.05) is 19.8 Å². The molecule has 0 fully saturated rings. The van der Waals surface area contributed by atoms with Crippen molar-refractivity contribution in [1.29, 1.82) is 0 Å². The third-order valence-electron chi connectivity index (χ3n) is 2.58. The van der Waals surface area contributed by atoms with E-state index in [1.807, 2.05) is 13.8 Å². The van der Waals surface area contributed by atoms with Crippen LogP contribution in [0.2, 0.25) is 0 Å². The van der Waals surface area contributed by atoms with Crippen LogP contribution in [0.1, 0.15) is 35.7 Å². The minimum absolute atomic E-state index is 0.153. The van der Waals surface area contributed by atoms with Crippen LogP contribution >= 0.6 is 0 Å². The molecule has 19 heavy (non-hydrogen) atoms. The van der Waals surface area contributed by atoms with E-state index < -0.39 is 5.97 Å². The number of aryl methyl sites for hydroxylation is 2. The van der Waals surface area contributed by atoms with Crippen molar-refractivity contribution >= 4 is 11.9 Å². The van der Waals surface area contributed by atoms with Gasteiger partial charge in [0.2, 0.25) is 0 Å². The Morgan fingerprint density at radius 3 is 2.63 bits per heavy atom. The predicted octanol–water partition coefficient (Wildman–Crippen LogP) is 1.24. The molecule has 0 aliphatic carbocycles. The van der Waals surface area contributed by atoms with Crippen molar-refractivity contribution < 1.29 is 23.8 Å². The van der Waals surface area contributed by atoms with Crippen molar-refractivity contribution in [2.24, 2.45) is 0 Å². The first-order valence-corrected chi connectivity index (χ1v) is 6.27. The molecule has 1 heterocycles. The number of aliphatic carboxylic acids is 1. The van der Waals surface area contributed by atoms with E-state index in [1.165, 1.54) is 0 Å². The normalized spacial score (nSPS) is 10.4. The first kappa shape index (κ1) is 15.2. The zero-order valence-corrected chi connectivity index (χ0v) is 11.2. The molecule has 6 nitrogen and oxygen atoms in total. The van der Waals surface area contributed by atoms with Gasteiger partial charge < -0.3 is 19.6 Å². The monoisotopic (exact) mass is 269 g/mol. The molecular weight excluding hydrogens is 250 g/mol. The lowest BCUT2D eigenvalue weighted by atomic mass is 10.1. The molecule has 0 bridgehead atoms. The van der Waals surface area contributed by atoms with Gasteiger partial charge in [0.1, 0.15) is 12.4 Å². The molecule has 1 aromatic rings. The molecule has 1 amide bonds. The van der Waals surface area contributed by atoms with Gasteiger partial charge >= 0.3 is 5.97 Å². The smallest absolute Gasteiger partial charge is 0.329 e. The first-order chi connectivity index (χ1) is 9.08. The molecule has 0 unspecified atom stereocenters. The van der Waals surface area contributed by atoms with E-state index in [0.29, 0.717) is 0 Å². The predicted molar refractivity (Wildman–Crippen MR) is 68.3 cm³/mol. The maximum absolute atomic E-state index is 11.8. The van der Waals surface area contributed by atoms with Gasteiger partial charge in [-0.25, -0.2) is 4.79 Å². The van der Waals surface area contributed by atoms with E-state index in [9.17, 15) is 9.59 Å². The SMILES string of the molecule is CCc1cc(C(=O)NCCOCC(=O)O)oc1CC. The van der Waals surface area contributed by atoms with Crippen LogP contribution in [-0.4, -0.2) is 36.7 Å². The van der Waals surface area contributed by atoms with Crippen molar-refractivity contribution in [2.45, 2.75) is 26.7 Å². The molecule has 0 atom stereocenters. The van der Waals surface area contributed by atoms with Crippen LogP contribution < -0.4 is 5.32 Å². The Kier molecular flexibility index (Phi) is 6.08. The summed E-state index contributed by atoms with van der Waals surface area (Å²) in [5, 5.41) is 11.0. The van der Waals surface area contributed by atoms with Crippen molar-refractivity contribution in [3.8, 4) is 0 Å². The average Bonchev–Trinajstić information content (AvgIpc) is 2.81. The Labute approximate surface area is 111 Å². The molecule has 0 aromatic carbocycles. The maximum Gasteiger partial charge on any atom is 0.329 e. The van der Waals surface area contributed by atoms with Gasteiger partial charge in [0.25, 0.3) is 5.91 Å². The highest BCUT2D eigenvalue weighted by Gasteiger charge is 2.14. The fourth-order valence-electron chi connectivity index (χ4n) is 1.66. The molecule has 0 radical (unpaired) electrons. The lowest BCUT2D eigenvalue weighted by Crippen LogP contribution is -2.27. The molecule has 0 spiro atoms. The highest BCUT2D eigenvalue weighted by molar-refractivity contribution is 5.91. The van der Waals surface area contributed by atoms with Gasteiger partial charge in [0.15, 0.2) is 5.76 Å². The van der Waals surface area contributed by atoms with Gasteiger partial charge in [0.05, 0.1) is 6.61 Å². The average molecular weight is 269 g/mol. The molecular formula is C13H19NO5. The molecule has 0 saturated carbocycles. The van der Waals surface area contributed by atoms with Crippen LogP contribution in [-0.2, 0) is 22.4 Å². The maximum atomic E-state index is 11.8. The summed E-state index contributed by atoms with van der Waals surface area (Å²) >= 11 is 0. The minimum Gasteiger partial charge on any atom is -0.480 e. The lowest BCUT2D eigenvalue weighted by Gasteiger charge is -2.03. The van der Waals surface area contributed by atoms with Crippen molar-refractivity contribution in [3.05, 3.63) is 23.2 Å². The molecule has 2 N–H and O–H groups in total. The number of hydrogen-bond acceptors (Lipinski definition) is 4. The summed E-state index contributed by atoms with van der Waals surface area (Å²) in [5.41, 5.74) is 1.04. The molecule has 0 saturated heterocycles. The minimum atomic E-state index is -1.03. The Balaban J connectivity index is 2.41. The summed E-state index contributed by atoms with van der Waals surface area (Å²) in [6.45, 7) is 4.01. The number of furan rings is 1. The number of hydrogen-bond donors (Lipinski definition) is 2. The number of amides is 1. The zero-order chi connectivity index (χ0) is 14.3. The van der Waals surface area contributed by atoms with Crippen LogP contribution in [0.5, 0.6) is 0 Å². The highest BCUT2D eigenvalue weighted by Crippen LogP contribution is 2.16. The lowest BCUT2D eigenvalue weighted by molar-refractivity contribution is -0.142. The summed E-state index contributed by atoms with van der Waals surface area (Å²) in [6, 6.07) is 1.74. The second kappa shape index (κ2) is 7.58. The van der Waals surface area contributed by atoms with Crippen LogP contribution in [0.3, 0.4) is 0 Å². The van der Waals surface area contributed by atoms with Crippen LogP contribution in [0.4, 0.5) is 0 Å². The number of carboxylic acids is 1. The van der Waals surface area contributed by atoms with E-state index >= 15 is 0 Å². The largest absolute Gasteiger partial charge is 0.480 e. The van der Waals surface area contributed by atoms with E-state index in [4.69, 9.17) is 14.3 Å². The van der Waals surface area contributed by atoms with Gasteiger partial charge in [-0.05, 0) is 18.1 Å². The standard InChI is InChI=1S/C13H19NO5/c1-3-9-7-11(19-10(9)4-2)13(17)14-5-6-18-8-12(15)16/h7H,3-6,8H2,1-2H3,(H,14,17)(H,15,16). The van der Waals surface area contributed by atoms with Crippen LogP contribution in [0.25, 0.3) is 0 Å². The number of nitrogens with one attached hydrogen (secondary N) is 1. The van der Waals surface area contributed by atoms with E-state index in [0.717, 1.165) is 24.2 Å². The van der Waals surface area contributed by atoms with Gasteiger partial charge in [-0.2, -0.15) is 0 Å². The second-order valence-corrected chi connectivity index (χ2v) is 3.97. The molecule has 106 valence electrons. The van der Waals surface area contributed by atoms with E-state index in [-0.39, 0.29) is 31.4 Å². The van der Waals surface area contributed by atoms with Gasteiger partial charge in [-0.1, -0.05) is 13.8 Å². The summed E-state index contributed by atoms with van der Waals surface area (Å²) < 4.78 is 10.3. The quantitative estimate of drug-likeness (QED) is 0.693. The molecule has 0 aliphatic rings. The summed E-state index contributed by atoms with van der Waals surface area (Å²) in [4.78, 5) is 22.0. The fourth-order valence-corrected chi connectivity index (χ4v) is 1.66. The van der Waals surface area contributed by atoms with Gasteiger partial charge in [0, 0.05) is 13.0 Å². The number of carbonyl (C=O) groups is 2. The Morgan fingerprint density at radius 1 is 1.37 bits per heavy atom. The number of carbonyl (C=O) groups excluding carboxylic acids is 1. The van der Waals surface area contributed by atoms with Gasteiger partial charge in [-0.15, -0.1) is 0 Å². The molecule has 0 aliphatic heterocycles. The van der Waals surface area contributed by atoms with Crippen LogP contribution in [0, 0.1) is 0 Å². The third-order valence-corrected chi connectivity index (χ3v) is 2.58. The first-order valence-electron chi connectivity index (χ1n) is 6.27. The third kappa shape index (κ3) is 4.75. The number of carboxylic acid groups (broad SMARTS) is 1. The fraction of sp³-hybridized carbons (Fsp3) is 0.538. The molecule has 1 aromatic heterocycles. The highest BCUT2D eigenvalue weighted by atomic mass is 16.5.